The molecule has 0 radical (unpaired) electrons. The standard InChI is InChI=1S/C16H14FNO/c1-10-8-11(13-4-2-3-5-15(13)17)9-14-12(10)6-7-18-16(14)19/h2-5,8-9H,6-7H2,1H3,(H,18,19). The first-order chi connectivity index (χ1) is 9.16. The molecule has 2 nitrogen and oxygen atoms in total. The number of rotatable bonds is 1. The van der Waals surface area contributed by atoms with Gasteiger partial charge in [-0.2, -0.15) is 0 Å². The number of benzene rings is 2. The fourth-order valence-corrected chi connectivity index (χ4v) is 2.60. The zero-order valence-electron chi connectivity index (χ0n) is 10.7. The largest absolute Gasteiger partial charge is 0.352 e. The van der Waals surface area contributed by atoms with Gasteiger partial charge in [0, 0.05) is 17.7 Å². The molecule has 1 heterocycles. The summed E-state index contributed by atoms with van der Waals surface area (Å²) in [4.78, 5) is 11.9. The highest BCUT2D eigenvalue weighted by atomic mass is 19.1. The Bertz CT molecular complexity index is 664. The fraction of sp³-hybridized carbons (Fsp3) is 0.188. The lowest BCUT2D eigenvalue weighted by molar-refractivity contribution is 0.0946. The molecule has 2 aromatic carbocycles. The van der Waals surface area contributed by atoms with E-state index < -0.39 is 0 Å². The maximum absolute atomic E-state index is 13.8. The summed E-state index contributed by atoms with van der Waals surface area (Å²) in [5.41, 5.74) is 4.08. The van der Waals surface area contributed by atoms with Crippen molar-refractivity contribution in [3.05, 3.63) is 58.9 Å². The number of hydrogen-bond acceptors (Lipinski definition) is 1. The summed E-state index contributed by atoms with van der Waals surface area (Å²) >= 11 is 0. The summed E-state index contributed by atoms with van der Waals surface area (Å²) in [6.45, 7) is 2.65. The molecule has 0 saturated heterocycles. The second kappa shape index (κ2) is 4.50. The third-order valence-corrected chi connectivity index (χ3v) is 3.56. The van der Waals surface area contributed by atoms with Crippen LogP contribution in [0.25, 0.3) is 11.1 Å². The minimum Gasteiger partial charge on any atom is -0.352 e. The van der Waals surface area contributed by atoms with Crippen molar-refractivity contribution in [1.82, 2.24) is 5.32 Å². The van der Waals surface area contributed by atoms with Crippen LogP contribution in [-0.2, 0) is 6.42 Å². The van der Waals surface area contributed by atoms with Crippen LogP contribution in [0.1, 0.15) is 21.5 Å². The molecule has 3 rings (SSSR count). The van der Waals surface area contributed by atoms with Gasteiger partial charge in [-0.15, -0.1) is 0 Å². The lowest BCUT2D eigenvalue weighted by atomic mass is 9.91. The van der Waals surface area contributed by atoms with Crippen molar-refractivity contribution in [2.24, 2.45) is 0 Å². The lowest BCUT2D eigenvalue weighted by Crippen LogP contribution is -2.32. The van der Waals surface area contributed by atoms with Crippen LogP contribution in [0.15, 0.2) is 36.4 Å². The number of aryl methyl sites for hydroxylation is 1. The van der Waals surface area contributed by atoms with Crippen LogP contribution in [0.5, 0.6) is 0 Å². The van der Waals surface area contributed by atoms with E-state index in [-0.39, 0.29) is 11.7 Å². The molecule has 1 aliphatic heterocycles. The molecule has 0 atom stereocenters. The minimum atomic E-state index is -0.266. The van der Waals surface area contributed by atoms with Gasteiger partial charge in [-0.3, -0.25) is 4.79 Å². The number of fused-ring (bicyclic) bond motifs is 1. The first kappa shape index (κ1) is 11.9. The first-order valence-corrected chi connectivity index (χ1v) is 6.33. The average molecular weight is 255 g/mol. The molecule has 1 N–H and O–H groups in total. The van der Waals surface area contributed by atoms with Crippen LogP contribution < -0.4 is 5.32 Å². The molecule has 19 heavy (non-hydrogen) atoms. The summed E-state index contributed by atoms with van der Waals surface area (Å²) in [6.07, 6.45) is 0.838. The van der Waals surface area contributed by atoms with Crippen LogP contribution in [0.2, 0.25) is 0 Å². The topological polar surface area (TPSA) is 29.1 Å². The van der Waals surface area contributed by atoms with Crippen LogP contribution in [0, 0.1) is 12.7 Å². The molecule has 0 bridgehead atoms. The monoisotopic (exact) mass is 255 g/mol. The Balaban J connectivity index is 2.20. The van der Waals surface area contributed by atoms with E-state index in [4.69, 9.17) is 0 Å². The third kappa shape index (κ3) is 2.01. The highest BCUT2D eigenvalue weighted by Gasteiger charge is 2.20. The van der Waals surface area contributed by atoms with E-state index >= 15 is 0 Å². The van der Waals surface area contributed by atoms with Gasteiger partial charge in [0.25, 0.3) is 5.91 Å². The predicted molar refractivity (Wildman–Crippen MR) is 72.6 cm³/mol. The second-order valence-electron chi connectivity index (χ2n) is 4.81. The van der Waals surface area contributed by atoms with Crippen molar-refractivity contribution in [2.75, 3.05) is 6.54 Å². The maximum Gasteiger partial charge on any atom is 0.251 e. The third-order valence-electron chi connectivity index (χ3n) is 3.56. The predicted octanol–water partition coefficient (Wildman–Crippen LogP) is 3.09. The second-order valence-corrected chi connectivity index (χ2v) is 4.81. The number of halogens is 1. The van der Waals surface area contributed by atoms with Gasteiger partial charge in [0.05, 0.1) is 0 Å². The van der Waals surface area contributed by atoms with E-state index in [1.807, 2.05) is 13.0 Å². The summed E-state index contributed by atoms with van der Waals surface area (Å²) in [5.74, 6) is -0.333. The Kier molecular flexibility index (Phi) is 2.82. The number of nitrogens with one attached hydrogen (secondary N) is 1. The van der Waals surface area contributed by atoms with E-state index in [0.29, 0.717) is 17.7 Å². The van der Waals surface area contributed by atoms with E-state index in [1.165, 1.54) is 6.07 Å². The van der Waals surface area contributed by atoms with Crippen molar-refractivity contribution < 1.29 is 9.18 Å². The summed E-state index contributed by atoms with van der Waals surface area (Å²) < 4.78 is 13.8. The minimum absolute atomic E-state index is 0.0671. The molecule has 1 aliphatic rings. The van der Waals surface area contributed by atoms with Gasteiger partial charge >= 0.3 is 0 Å². The summed E-state index contributed by atoms with van der Waals surface area (Å²) in [5, 5.41) is 2.83. The van der Waals surface area contributed by atoms with Crippen molar-refractivity contribution >= 4 is 5.91 Å². The maximum atomic E-state index is 13.8. The SMILES string of the molecule is Cc1cc(-c2ccccc2F)cc2c1CCNC2=O. The van der Waals surface area contributed by atoms with E-state index in [1.54, 1.807) is 24.3 Å². The van der Waals surface area contributed by atoms with E-state index in [9.17, 15) is 9.18 Å². The number of hydrogen-bond donors (Lipinski definition) is 1. The normalized spacial score (nSPS) is 13.9. The summed E-state index contributed by atoms with van der Waals surface area (Å²) in [6, 6.07) is 10.4. The van der Waals surface area contributed by atoms with Gasteiger partial charge in [0.1, 0.15) is 5.82 Å². The smallest absolute Gasteiger partial charge is 0.251 e. The zero-order chi connectivity index (χ0) is 13.4. The Morgan fingerprint density at radius 1 is 1.16 bits per heavy atom. The van der Waals surface area contributed by atoms with E-state index in [0.717, 1.165) is 23.1 Å². The van der Waals surface area contributed by atoms with Gasteiger partial charge < -0.3 is 5.32 Å². The Morgan fingerprint density at radius 2 is 1.95 bits per heavy atom. The van der Waals surface area contributed by atoms with Crippen LogP contribution in [0.4, 0.5) is 4.39 Å². The van der Waals surface area contributed by atoms with Crippen LogP contribution >= 0.6 is 0 Å². The molecule has 0 unspecified atom stereocenters. The Hall–Kier alpha value is -2.16. The molecule has 0 saturated carbocycles. The molecular formula is C16H14FNO. The summed E-state index contributed by atoms with van der Waals surface area (Å²) in [7, 11) is 0. The van der Waals surface area contributed by atoms with Gasteiger partial charge in [0.15, 0.2) is 0 Å². The van der Waals surface area contributed by atoms with E-state index in [2.05, 4.69) is 5.32 Å². The molecule has 0 aromatic heterocycles. The number of carbonyl (C=O) groups is 1. The van der Waals surface area contributed by atoms with Crippen LogP contribution in [-0.4, -0.2) is 12.5 Å². The number of carbonyl (C=O) groups excluding carboxylic acids is 1. The molecule has 0 spiro atoms. The fourth-order valence-electron chi connectivity index (χ4n) is 2.60. The van der Waals surface area contributed by atoms with Gasteiger partial charge in [-0.05, 0) is 42.2 Å². The first-order valence-electron chi connectivity index (χ1n) is 6.33. The Labute approximate surface area is 111 Å². The van der Waals surface area contributed by atoms with Crippen molar-refractivity contribution in [1.29, 1.82) is 0 Å². The molecule has 1 amide bonds. The van der Waals surface area contributed by atoms with Crippen molar-refractivity contribution in [3.8, 4) is 11.1 Å². The molecule has 0 aliphatic carbocycles. The van der Waals surface area contributed by atoms with Crippen molar-refractivity contribution in [3.63, 3.8) is 0 Å². The van der Waals surface area contributed by atoms with Gasteiger partial charge in [0.2, 0.25) is 0 Å². The molecule has 0 fully saturated rings. The molecule has 2 aromatic rings. The van der Waals surface area contributed by atoms with Crippen LogP contribution in [0.3, 0.4) is 0 Å². The van der Waals surface area contributed by atoms with Crippen molar-refractivity contribution in [2.45, 2.75) is 13.3 Å². The number of amides is 1. The quantitative estimate of drug-likeness (QED) is 0.833. The average Bonchev–Trinajstić information content (AvgIpc) is 2.40. The van der Waals surface area contributed by atoms with Gasteiger partial charge in [-0.25, -0.2) is 4.39 Å². The Morgan fingerprint density at radius 3 is 2.74 bits per heavy atom. The molecule has 96 valence electrons. The zero-order valence-corrected chi connectivity index (χ0v) is 10.7. The van der Waals surface area contributed by atoms with Gasteiger partial charge in [-0.1, -0.05) is 24.3 Å². The lowest BCUT2D eigenvalue weighted by Gasteiger charge is -2.20. The molecule has 3 heteroatoms. The highest BCUT2D eigenvalue weighted by molar-refractivity contribution is 5.98. The molecular weight excluding hydrogens is 241 g/mol. The highest BCUT2D eigenvalue weighted by Crippen LogP contribution is 2.28.